The summed E-state index contributed by atoms with van der Waals surface area (Å²) in [6.07, 6.45) is 0. The number of carbonyl (C=O) groups excluding carboxylic acids is 1. The van der Waals surface area contributed by atoms with E-state index in [0.717, 1.165) is 21.7 Å². The number of aromatic nitrogens is 1. The summed E-state index contributed by atoms with van der Waals surface area (Å²) in [4.78, 5) is 27.1. The van der Waals surface area contributed by atoms with Crippen LogP contribution in [0.2, 0.25) is 0 Å². The molecule has 1 aliphatic heterocycles. The number of nitrogens with zero attached hydrogens (tertiary/aromatic N) is 3. The molecule has 0 fully saturated rings. The van der Waals surface area contributed by atoms with E-state index < -0.39 is 16.8 Å². The molecule has 1 unspecified atom stereocenters. The number of methoxy groups -OCH3 is 2. The van der Waals surface area contributed by atoms with Gasteiger partial charge in [-0.2, -0.15) is 4.37 Å². The molecule has 0 saturated carbocycles. The van der Waals surface area contributed by atoms with Crippen LogP contribution in [-0.4, -0.2) is 36.1 Å². The lowest BCUT2D eigenvalue weighted by atomic mass is 9.81. The molecule has 0 amide bonds. The van der Waals surface area contributed by atoms with Crippen LogP contribution in [-0.2, 0) is 34.0 Å². The minimum Gasteiger partial charge on any atom is -0.493 e. The fourth-order valence-electron chi connectivity index (χ4n) is 5.38. The number of ether oxygens (including phenoxy) is 4. The standard InChI is InChI=1S/C33H33N3O7S/c1-5-43-33(37)29-21(2)35(18-23-14-15-27(40-3)28(16-23)41-4)32-31(30(29)24-12-9-13-25(17-24)36(38)39)26(34-44-32)20-42-19-22-10-7-6-8-11-22/h6-17,30H,5,18-20H2,1-4H3. The van der Waals surface area contributed by atoms with E-state index in [2.05, 4.69) is 0 Å². The van der Waals surface area contributed by atoms with Crippen molar-refractivity contribution < 1.29 is 28.7 Å². The molecule has 10 nitrogen and oxygen atoms in total. The van der Waals surface area contributed by atoms with E-state index in [1.54, 1.807) is 33.3 Å². The number of allylic oxidation sites excluding steroid dienone is 1. The first-order valence-electron chi connectivity index (χ1n) is 14.1. The zero-order valence-corrected chi connectivity index (χ0v) is 25.8. The lowest BCUT2D eigenvalue weighted by Gasteiger charge is -2.36. The molecule has 0 bridgehead atoms. The van der Waals surface area contributed by atoms with Gasteiger partial charge in [0, 0.05) is 35.9 Å². The summed E-state index contributed by atoms with van der Waals surface area (Å²) in [5.74, 6) is 0.0474. The number of esters is 1. The number of nitro benzene ring substituents is 1. The Morgan fingerprint density at radius 3 is 2.45 bits per heavy atom. The molecule has 4 aromatic rings. The lowest BCUT2D eigenvalue weighted by Crippen LogP contribution is -2.32. The van der Waals surface area contributed by atoms with Gasteiger partial charge in [-0.05, 0) is 54.2 Å². The SMILES string of the molecule is CCOC(=O)C1=C(C)N(Cc2ccc(OC)c(OC)c2)c2snc(COCc3ccccc3)c2C1c1cccc([N+](=O)[O-])c1. The highest BCUT2D eigenvalue weighted by Gasteiger charge is 2.40. The Hall–Kier alpha value is -4.74. The van der Waals surface area contributed by atoms with Gasteiger partial charge in [0.1, 0.15) is 5.00 Å². The van der Waals surface area contributed by atoms with Crippen molar-refractivity contribution in [3.63, 3.8) is 0 Å². The topological polar surface area (TPSA) is 113 Å². The van der Waals surface area contributed by atoms with Gasteiger partial charge in [0.25, 0.3) is 5.69 Å². The molecule has 11 heteroatoms. The predicted molar refractivity (Wildman–Crippen MR) is 167 cm³/mol. The first-order chi connectivity index (χ1) is 21.4. The number of carbonyl (C=O) groups is 1. The van der Waals surface area contributed by atoms with Crippen LogP contribution in [0.25, 0.3) is 0 Å². The van der Waals surface area contributed by atoms with E-state index >= 15 is 0 Å². The summed E-state index contributed by atoms with van der Waals surface area (Å²) in [6.45, 7) is 4.76. The Balaban J connectivity index is 1.64. The molecule has 0 spiro atoms. The molecule has 0 aliphatic carbocycles. The second-order valence-corrected chi connectivity index (χ2v) is 10.9. The predicted octanol–water partition coefficient (Wildman–Crippen LogP) is 6.77. The van der Waals surface area contributed by atoms with Crippen molar-refractivity contribution in [3.05, 3.63) is 122 Å². The third kappa shape index (κ3) is 6.29. The molecule has 0 saturated heterocycles. The molecule has 0 N–H and O–H groups in total. The summed E-state index contributed by atoms with van der Waals surface area (Å²) in [5.41, 5.74) is 4.94. The Labute approximate surface area is 259 Å². The van der Waals surface area contributed by atoms with Crippen LogP contribution in [0.1, 0.15) is 47.7 Å². The molecule has 228 valence electrons. The van der Waals surface area contributed by atoms with Gasteiger partial charge in [0.05, 0.1) is 50.2 Å². The molecule has 2 heterocycles. The zero-order valence-electron chi connectivity index (χ0n) is 24.9. The number of fused-ring (bicyclic) bond motifs is 1. The maximum absolute atomic E-state index is 13.7. The van der Waals surface area contributed by atoms with Crippen LogP contribution in [0, 0.1) is 10.1 Å². The average molecular weight is 616 g/mol. The number of hydrogen-bond acceptors (Lipinski definition) is 10. The Bertz CT molecular complexity index is 1690. The summed E-state index contributed by atoms with van der Waals surface area (Å²) < 4.78 is 27.4. The highest BCUT2D eigenvalue weighted by molar-refractivity contribution is 7.10. The van der Waals surface area contributed by atoms with Gasteiger partial charge in [0.2, 0.25) is 0 Å². The van der Waals surface area contributed by atoms with Crippen LogP contribution in [0.15, 0.2) is 84.1 Å². The maximum Gasteiger partial charge on any atom is 0.336 e. The van der Waals surface area contributed by atoms with E-state index in [1.807, 2.05) is 60.4 Å². The maximum atomic E-state index is 13.7. The van der Waals surface area contributed by atoms with Crippen molar-refractivity contribution in [1.29, 1.82) is 0 Å². The van der Waals surface area contributed by atoms with Crippen molar-refractivity contribution in [3.8, 4) is 11.5 Å². The molecule has 1 atom stereocenters. The second kappa shape index (κ2) is 13.7. The van der Waals surface area contributed by atoms with E-state index in [4.69, 9.17) is 23.3 Å². The monoisotopic (exact) mass is 615 g/mol. The highest BCUT2D eigenvalue weighted by Crippen LogP contribution is 2.50. The second-order valence-electron chi connectivity index (χ2n) is 10.1. The zero-order chi connectivity index (χ0) is 31.2. The summed E-state index contributed by atoms with van der Waals surface area (Å²) in [5, 5.41) is 12.6. The number of hydrogen-bond donors (Lipinski definition) is 0. The minimum absolute atomic E-state index is 0.0669. The van der Waals surface area contributed by atoms with Crippen LogP contribution >= 0.6 is 11.5 Å². The van der Waals surface area contributed by atoms with E-state index in [-0.39, 0.29) is 18.9 Å². The number of non-ortho nitro benzene ring substituents is 1. The van der Waals surface area contributed by atoms with Gasteiger partial charge < -0.3 is 23.8 Å². The van der Waals surface area contributed by atoms with Gasteiger partial charge in [-0.1, -0.05) is 48.5 Å². The molecule has 3 aromatic carbocycles. The van der Waals surface area contributed by atoms with Gasteiger partial charge in [0.15, 0.2) is 11.5 Å². The van der Waals surface area contributed by atoms with Crippen LogP contribution in [0.3, 0.4) is 0 Å². The molecule has 0 radical (unpaired) electrons. The smallest absolute Gasteiger partial charge is 0.336 e. The molecule has 1 aliphatic rings. The molecular formula is C33H33N3O7S. The molecule has 5 rings (SSSR count). The normalized spacial score (nSPS) is 14.3. The quantitative estimate of drug-likeness (QED) is 0.0967. The highest BCUT2D eigenvalue weighted by atomic mass is 32.1. The van der Waals surface area contributed by atoms with Crippen molar-refractivity contribution >= 4 is 28.2 Å². The first-order valence-corrected chi connectivity index (χ1v) is 14.8. The molecule has 44 heavy (non-hydrogen) atoms. The summed E-state index contributed by atoms with van der Waals surface area (Å²) in [6, 6.07) is 21.9. The first kappa shape index (κ1) is 30.7. The third-order valence-corrected chi connectivity index (χ3v) is 8.37. The number of anilines is 1. The fourth-order valence-corrected chi connectivity index (χ4v) is 6.36. The van der Waals surface area contributed by atoms with Crippen molar-refractivity contribution in [2.75, 3.05) is 25.7 Å². The Morgan fingerprint density at radius 1 is 0.977 bits per heavy atom. The number of nitro groups is 1. The van der Waals surface area contributed by atoms with Crippen LogP contribution in [0.5, 0.6) is 11.5 Å². The van der Waals surface area contributed by atoms with E-state index in [0.29, 0.717) is 47.2 Å². The van der Waals surface area contributed by atoms with Crippen molar-refractivity contribution in [2.24, 2.45) is 0 Å². The van der Waals surface area contributed by atoms with Gasteiger partial charge in [-0.15, -0.1) is 0 Å². The van der Waals surface area contributed by atoms with E-state index in [1.165, 1.54) is 23.7 Å². The lowest BCUT2D eigenvalue weighted by molar-refractivity contribution is -0.384. The van der Waals surface area contributed by atoms with Crippen molar-refractivity contribution in [2.45, 2.75) is 39.5 Å². The number of rotatable bonds is 12. The van der Waals surface area contributed by atoms with Gasteiger partial charge >= 0.3 is 5.97 Å². The fraction of sp³-hybridized carbons (Fsp3) is 0.273. The molecular weight excluding hydrogens is 582 g/mol. The van der Waals surface area contributed by atoms with Crippen LogP contribution < -0.4 is 14.4 Å². The molecule has 1 aromatic heterocycles. The summed E-state index contributed by atoms with van der Waals surface area (Å²) in [7, 11) is 3.17. The Kier molecular flexibility index (Phi) is 9.56. The van der Waals surface area contributed by atoms with Gasteiger partial charge in [-0.3, -0.25) is 10.1 Å². The third-order valence-electron chi connectivity index (χ3n) is 7.45. The van der Waals surface area contributed by atoms with Crippen LogP contribution in [0.4, 0.5) is 10.7 Å². The Morgan fingerprint density at radius 2 is 1.75 bits per heavy atom. The van der Waals surface area contributed by atoms with Crippen molar-refractivity contribution in [1.82, 2.24) is 4.37 Å². The minimum atomic E-state index is -0.653. The van der Waals surface area contributed by atoms with E-state index in [9.17, 15) is 14.9 Å². The average Bonchev–Trinajstić information content (AvgIpc) is 3.45. The largest absolute Gasteiger partial charge is 0.493 e. The number of benzene rings is 3. The van der Waals surface area contributed by atoms with Gasteiger partial charge in [-0.25, -0.2) is 4.79 Å². The summed E-state index contributed by atoms with van der Waals surface area (Å²) >= 11 is 1.30.